The van der Waals surface area contributed by atoms with Crippen LogP contribution in [-0.4, -0.2) is 0 Å². The van der Waals surface area contributed by atoms with Gasteiger partial charge in [-0.3, -0.25) is 0 Å². The number of furan rings is 1. The lowest BCUT2D eigenvalue weighted by Gasteiger charge is -2.17. The van der Waals surface area contributed by atoms with E-state index in [0.717, 1.165) is 5.58 Å². The van der Waals surface area contributed by atoms with Crippen LogP contribution in [0.25, 0.3) is 21.7 Å². The van der Waals surface area contributed by atoms with E-state index in [9.17, 15) is 0 Å². The molecule has 1 aliphatic rings. The van der Waals surface area contributed by atoms with Crippen molar-refractivity contribution in [1.82, 2.24) is 0 Å². The average molecular weight is 222 g/mol. The lowest BCUT2D eigenvalue weighted by atomic mass is 9.87. The van der Waals surface area contributed by atoms with Gasteiger partial charge in [-0.15, -0.1) is 0 Å². The second-order valence-electron chi connectivity index (χ2n) is 4.91. The first-order valence-corrected chi connectivity index (χ1v) is 6.34. The van der Waals surface area contributed by atoms with Crippen molar-refractivity contribution < 1.29 is 4.42 Å². The maximum atomic E-state index is 5.62. The van der Waals surface area contributed by atoms with Crippen LogP contribution in [0.4, 0.5) is 0 Å². The highest BCUT2D eigenvalue weighted by atomic mass is 16.3. The highest BCUT2D eigenvalue weighted by Gasteiger charge is 2.14. The van der Waals surface area contributed by atoms with Crippen LogP contribution in [0.2, 0.25) is 0 Å². The van der Waals surface area contributed by atoms with E-state index < -0.39 is 0 Å². The summed E-state index contributed by atoms with van der Waals surface area (Å²) in [6.07, 6.45) is 6.90. The van der Waals surface area contributed by atoms with Crippen molar-refractivity contribution in [2.45, 2.75) is 25.7 Å². The standard InChI is InChI=1S/C16H14O/c1-2-4-13-11(3-1)5-8-15-14(13)7-6-12-9-10-17-16(12)15/h5-10H,1-4H2. The molecule has 17 heavy (non-hydrogen) atoms. The van der Waals surface area contributed by atoms with Gasteiger partial charge < -0.3 is 4.42 Å². The smallest absolute Gasteiger partial charge is 0.141 e. The third-order valence-corrected chi connectivity index (χ3v) is 3.95. The fourth-order valence-electron chi connectivity index (χ4n) is 3.09. The lowest BCUT2D eigenvalue weighted by molar-refractivity contribution is 0.619. The van der Waals surface area contributed by atoms with Crippen LogP contribution in [0.15, 0.2) is 41.0 Å². The topological polar surface area (TPSA) is 13.1 Å². The molecule has 84 valence electrons. The minimum atomic E-state index is 1.04. The largest absolute Gasteiger partial charge is 0.464 e. The number of fused-ring (bicyclic) bond motifs is 5. The van der Waals surface area contributed by atoms with E-state index in [-0.39, 0.29) is 0 Å². The van der Waals surface area contributed by atoms with Crippen LogP contribution in [0.5, 0.6) is 0 Å². The summed E-state index contributed by atoms with van der Waals surface area (Å²) in [5.41, 5.74) is 4.12. The Morgan fingerprint density at radius 1 is 0.824 bits per heavy atom. The zero-order chi connectivity index (χ0) is 11.2. The third-order valence-electron chi connectivity index (χ3n) is 3.95. The molecular formula is C16H14O. The van der Waals surface area contributed by atoms with Crippen LogP contribution >= 0.6 is 0 Å². The van der Waals surface area contributed by atoms with E-state index in [1.54, 1.807) is 11.8 Å². The molecule has 0 atom stereocenters. The zero-order valence-corrected chi connectivity index (χ0v) is 9.70. The molecule has 0 saturated heterocycles. The van der Waals surface area contributed by atoms with Crippen molar-refractivity contribution in [3.63, 3.8) is 0 Å². The summed E-state index contributed by atoms with van der Waals surface area (Å²) in [5.74, 6) is 0. The van der Waals surface area contributed by atoms with Crippen LogP contribution < -0.4 is 0 Å². The molecule has 1 heterocycles. The van der Waals surface area contributed by atoms with Gasteiger partial charge in [-0.25, -0.2) is 0 Å². The molecule has 0 amide bonds. The Kier molecular flexibility index (Phi) is 1.84. The summed E-state index contributed by atoms with van der Waals surface area (Å²) >= 11 is 0. The van der Waals surface area contributed by atoms with E-state index in [4.69, 9.17) is 4.42 Å². The quantitative estimate of drug-likeness (QED) is 0.547. The maximum Gasteiger partial charge on any atom is 0.141 e. The van der Waals surface area contributed by atoms with Gasteiger partial charge in [-0.05, 0) is 48.3 Å². The van der Waals surface area contributed by atoms with Gasteiger partial charge in [0.15, 0.2) is 0 Å². The first-order valence-electron chi connectivity index (χ1n) is 6.34. The van der Waals surface area contributed by atoms with E-state index in [1.165, 1.54) is 47.4 Å². The minimum absolute atomic E-state index is 1.04. The third kappa shape index (κ3) is 1.25. The molecule has 0 spiro atoms. The van der Waals surface area contributed by atoms with Crippen LogP contribution in [0, 0.1) is 0 Å². The molecule has 0 fully saturated rings. The number of hydrogen-bond acceptors (Lipinski definition) is 1. The Bertz CT molecular complexity index is 706. The van der Waals surface area contributed by atoms with Gasteiger partial charge in [0.05, 0.1) is 6.26 Å². The van der Waals surface area contributed by atoms with E-state index in [2.05, 4.69) is 24.3 Å². The van der Waals surface area contributed by atoms with Crippen molar-refractivity contribution in [3.05, 3.63) is 47.7 Å². The molecule has 2 aromatic carbocycles. The van der Waals surface area contributed by atoms with Gasteiger partial charge in [0.25, 0.3) is 0 Å². The minimum Gasteiger partial charge on any atom is -0.464 e. The van der Waals surface area contributed by atoms with Gasteiger partial charge in [-0.1, -0.05) is 24.3 Å². The average Bonchev–Trinajstić information content (AvgIpc) is 2.86. The van der Waals surface area contributed by atoms with Gasteiger partial charge in [0.2, 0.25) is 0 Å². The van der Waals surface area contributed by atoms with Crippen molar-refractivity contribution >= 4 is 21.7 Å². The molecule has 4 rings (SSSR count). The lowest BCUT2D eigenvalue weighted by Crippen LogP contribution is -2.02. The monoisotopic (exact) mass is 222 g/mol. The summed E-state index contributed by atoms with van der Waals surface area (Å²) in [4.78, 5) is 0. The molecule has 0 radical (unpaired) electrons. The Morgan fingerprint density at radius 3 is 2.71 bits per heavy atom. The summed E-state index contributed by atoms with van der Waals surface area (Å²) < 4.78 is 5.62. The molecule has 1 aliphatic carbocycles. The van der Waals surface area contributed by atoms with E-state index in [1.807, 2.05) is 6.07 Å². The van der Waals surface area contributed by atoms with Crippen LogP contribution in [0.3, 0.4) is 0 Å². The number of rotatable bonds is 0. The number of benzene rings is 2. The van der Waals surface area contributed by atoms with Crippen molar-refractivity contribution in [1.29, 1.82) is 0 Å². The second-order valence-corrected chi connectivity index (χ2v) is 4.91. The van der Waals surface area contributed by atoms with Gasteiger partial charge in [0, 0.05) is 10.8 Å². The molecule has 0 bridgehead atoms. The fourth-order valence-corrected chi connectivity index (χ4v) is 3.09. The number of hydrogen-bond donors (Lipinski definition) is 0. The summed E-state index contributed by atoms with van der Waals surface area (Å²) in [7, 11) is 0. The second kappa shape index (κ2) is 3.36. The Hall–Kier alpha value is -1.76. The summed E-state index contributed by atoms with van der Waals surface area (Å²) in [5, 5.41) is 3.87. The van der Waals surface area contributed by atoms with Gasteiger partial charge in [0.1, 0.15) is 5.58 Å². The Labute approximate surface area is 100 Å². The van der Waals surface area contributed by atoms with Crippen molar-refractivity contribution in [3.8, 4) is 0 Å². The summed E-state index contributed by atoms with van der Waals surface area (Å²) in [6.45, 7) is 0. The molecule has 0 N–H and O–H groups in total. The van der Waals surface area contributed by atoms with E-state index in [0.29, 0.717) is 0 Å². The molecule has 1 heteroatoms. The van der Waals surface area contributed by atoms with Crippen molar-refractivity contribution in [2.24, 2.45) is 0 Å². The fraction of sp³-hybridized carbons (Fsp3) is 0.250. The van der Waals surface area contributed by atoms with Gasteiger partial charge in [-0.2, -0.15) is 0 Å². The molecule has 1 aromatic heterocycles. The molecule has 3 aromatic rings. The highest BCUT2D eigenvalue weighted by Crippen LogP contribution is 2.33. The molecule has 0 unspecified atom stereocenters. The van der Waals surface area contributed by atoms with E-state index >= 15 is 0 Å². The van der Waals surface area contributed by atoms with Crippen molar-refractivity contribution in [2.75, 3.05) is 0 Å². The van der Waals surface area contributed by atoms with Crippen LogP contribution in [-0.2, 0) is 12.8 Å². The Balaban J connectivity index is 2.16. The first kappa shape index (κ1) is 9.29. The predicted molar refractivity (Wildman–Crippen MR) is 70.4 cm³/mol. The van der Waals surface area contributed by atoms with Gasteiger partial charge >= 0.3 is 0 Å². The normalized spacial score (nSPS) is 15.3. The zero-order valence-electron chi connectivity index (χ0n) is 9.70. The molecule has 0 aliphatic heterocycles. The molecular weight excluding hydrogens is 208 g/mol. The van der Waals surface area contributed by atoms with Crippen LogP contribution in [0.1, 0.15) is 24.0 Å². The first-order chi connectivity index (χ1) is 8.43. The molecule has 1 nitrogen and oxygen atoms in total. The predicted octanol–water partition coefficient (Wildman–Crippen LogP) is 4.46. The number of aryl methyl sites for hydroxylation is 2. The highest BCUT2D eigenvalue weighted by molar-refractivity contribution is 6.05. The summed E-state index contributed by atoms with van der Waals surface area (Å²) in [6, 6.07) is 11.0. The Morgan fingerprint density at radius 2 is 1.71 bits per heavy atom. The maximum absolute atomic E-state index is 5.62. The molecule has 0 saturated carbocycles. The SMILES string of the molecule is c1cc2ccc3c4c(ccc3c2o1)CCCC4.